The van der Waals surface area contributed by atoms with E-state index in [1.165, 1.54) is 4.73 Å². The number of rotatable bonds is 10. The summed E-state index contributed by atoms with van der Waals surface area (Å²) in [5.74, 6) is 1.36. The van der Waals surface area contributed by atoms with Crippen molar-refractivity contribution in [1.82, 2.24) is 4.73 Å². The van der Waals surface area contributed by atoms with Gasteiger partial charge in [0.25, 0.3) is 5.69 Å². The molecule has 7 nitrogen and oxygen atoms in total. The van der Waals surface area contributed by atoms with Crippen molar-refractivity contribution in [2.45, 2.75) is 32.8 Å². The maximum Gasteiger partial charge on any atom is 0.357 e. The zero-order valence-electron chi connectivity index (χ0n) is 19.4. The number of hydrogen-bond acceptors (Lipinski definition) is 5. The van der Waals surface area contributed by atoms with Crippen LogP contribution in [0, 0.1) is 5.21 Å². The van der Waals surface area contributed by atoms with E-state index in [2.05, 4.69) is 6.92 Å². The molecule has 0 N–H and O–H groups in total. The molecule has 0 radical (unpaired) electrons. The molecule has 0 aliphatic rings. The monoisotopic (exact) mass is 460 g/mol. The molecular formula is C27H28N2O5. The van der Waals surface area contributed by atoms with Gasteiger partial charge in [-0.3, -0.25) is 4.79 Å². The smallest absolute Gasteiger partial charge is 0.357 e. The number of hydrogen-bond donors (Lipinski definition) is 0. The minimum atomic E-state index is -0.541. The summed E-state index contributed by atoms with van der Waals surface area (Å²) in [5.41, 5.74) is 1.43. The lowest BCUT2D eigenvalue weighted by molar-refractivity contribution is -0.566. The van der Waals surface area contributed by atoms with Crippen molar-refractivity contribution in [3.05, 3.63) is 93.9 Å². The van der Waals surface area contributed by atoms with Gasteiger partial charge in [0.05, 0.1) is 19.3 Å². The summed E-state index contributed by atoms with van der Waals surface area (Å²) in [6, 6.07) is 21.3. The number of methoxy groups -OCH3 is 1. The highest BCUT2D eigenvalue weighted by molar-refractivity contribution is 5.73. The Kier molecular flexibility index (Phi) is 7.32. The molecule has 0 aliphatic carbocycles. The van der Waals surface area contributed by atoms with Crippen molar-refractivity contribution in [3.8, 4) is 22.8 Å². The van der Waals surface area contributed by atoms with Gasteiger partial charge in [-0.25, -0.2) is 0 Å². The van der Waals surface area contributed by atoms with Crippen LogP contribution in [0.5, 0.6) is 11.5 Å². The highest BCUT2D eigenvalue weighted by atomic mass is 16.7. The Balaban J connectivity index is 1.70. The lowest BCUT2D eigenvalue weighted by Crippen LogP contribution is -2.42. The van der Waals surface area contributed by atoms with E-state index in [9.17, 15) is 10.0 Å². The molecule has 176 valence electrons. The van der Waals surface area contributed by atoms with Gasteiger partial charge in [0.2, 0.25) is 5.52 Å². The minimum absolute atomic E-state index is 0.0174. The quantitative estimate of drug-likeness (QED) is 0.198. The predicted octanol–water partition coefficient (Wildman–Crippen LogP) is 4.51. The minimum Gasteiger partial charge on any atom is -0.618 e. The van der Waals surface area contributed by atoms with Crippen LogP contribution in [0.4, 0.5) is 0 Å². The number of aromatic nitrogens is 2. The Morgan fingerprint density at radius 1 is 0.941 bits per heavy atom. The molecule has 0 atom stereocenters. The molecule has 4 aromatic rings. The van der Waals surface area contributed by atoms with Gasteiger partial charge in [0.1, 0.15) is 18.1 Å². The van der Waals surface area contributed by atoms with Crippen LogP contribution in [0.2, 0.25) is 0 Å². The average molecular weight is 461 g/mol. The molecule has 3 aromatic carbocycles. The molecule has 0 spiro atoms. The fourth-order valence-electron chi connectivity index (χ4n) is 3.80. The molecule has 1 aromatic heterocycles. The van der Waals surface area contributed by atoms with Crippen LogP contribution in [0.15, 0.2) is 77.6 Å². The summed E-state index contributed by atoms with van der Waals surface area (Å²) in [5, 5.41) is 13.2. The van der Waals surface area contributed by atoms with Crippen molar-refractivity contribution < 1.29 is 19.0 Å². The first-order valence-electron chi connectivity index (χ1n) is 11.4. The highest BCUT2D eigenvalue weighted by Crippen LogP contribution is 2.21. The van der Waals surface area contributed by atoms with E-state index in [-0.39, 0.29) is 12.3 Å². The van der Waals surface area contributed by atoms with Gasteiger partial charge in [0.15, 0.2) is 5.52 Å². The Morgan fingerprint density at radius 3 is 2.44 bits per heavy atom. The van der Waals surface area contributed by atoms with Crippen molar-refractivity contribution in [2.75, 3.05) is 13.7 Å². The van der Waals surface area contributed by atoms with Crippen LogP contribution in [-0.2, 0) is 6.61 Å². The first-order valence-corrected chi connectivity index (χ1v) is 11.4. The van der Waals surface area contributed by atoms with Crippen molar-refractivity contribution >= 4 is 11.0 Å². The molecule has 1 heterocycles. The van der Waals surface area contributed by atoms with Crippen LogP contribution in [0.25, 0.3) is 22.3 Å². The van der Waals surface area contributed by atoms with Crippen molar-refractivity contribution in [2.24, 2.45) is 0 Å². The van der Waals surface area contributed by atoms with Gasteiger partial charge >= 0.3 is 5.56 Å². The van der Waals surface area contributed by atoms with Gasteiger partial charge in [-0.2, -0.15) is 4.73 Å². The Hall–Kier alpha value is -4.00. The zero-order valence-corrected chi connectivity index (χ0v) is 19.4. The number of unbranched alkanes of at least 4 members (excludes halogenated alkanes) is 2. The summed E-state index contributed by atoms with van der Waals surface area (Å²) in [4.78, 5) is 19.4. The van der Waals surface area contributed by atoms with E-state index in [1.54, 1.807) is 55.6 Å². The number of benzene rings is 3. The number of nitrogens with zero attached hydrogens (tertiary/aromatic N) is 2. The SMILES string of the molecule is CCCCCOc1ccc(-c2c(=O)n(OCc3ccccc3OC)c3ccccc3[n+]2[O-])cc1. The van der Waals surface area contributed by atoms with Crippen molar-refractivity contribution in [3.63, 3.8) is 0 Å². The largest absolute Gasteiger partial charge is 0.618 e. The first-order chi connectivity index (χ1) is 16.6. The second kappa shape index (κ2) is 10.7. The number of fused-ring (bicyclic) bond motifs is 1. The molecule has 7 heteroatoms. The number of para-hydroxylation sites is 3. The van der Waals surface area contributed by atoms with Gasteiger partial charge in [-0.05, 0) is 42.8 Å². The van der Waals surface area contributed by atoms with Crippen LogP contribution < -0.4 is 24.6 Å². The highest BCUT2D eigenvalue weighted by Gasteiger charge is 2.23. The Labute approximate surface area is 198 Å². The first kappa shape index (κ1) is 23.2. The Bertz CT molecular complexity index is 1320. The number of ether oxygens (including phenoxy) is 2. The van der Waals surface area contributed by atoms with Gasteiger partial charge in [-0.1, -0.05) is 50.1 Å². The normalized spacial score (nSPS) is 10.9. The standard InChI is InChI=1S/C27H28N2O5/c1-3-4-9-18-33-22-16-14-20(15-17-22)26-27(30)29(24-12-7-6-11-23(24)28(26)31)34-19-21-10-5-8-13-25(21)32-2/h5-8,10-17H,3-4,9,18-19H2,1-2H3. The molecule has 0 fully saturated rings. The average Bonchev–Trinajstić information content (AvgIpc) is 2.87. The molecule has 0 saturated heterocycles. The molecule has 0 unspecified atom stereocenters. The fraction of sp³-hybridized carbons (Fsp3) is 0.259. The summed E-state index contributed by atoms with van der Waals surface area (Å²) in [6.45, 7) is 2.87. The van der Waals surface area contributed by atoms with E-state index in [0.29, 0.717) is 39.4 Å². The molecule has 34 heavy (non-hydrogen) atoms. The van der Waals surface area contributed by atoms with Crippen molar-refractivity contribution in [1.29, 1.82) is 0 Å². The summed E-state index contributed by atoms with van der Waals surface area (Å²) in [7, 11) is 1.58. The van der Waals surface area contributed by atoms with Gasteiger partial charge in [0, 0.05) is 11.6 Å². The summed E-state index contributed by atoms with van der Waals surface area (Å²) in [6.07, 6.45) is 3.22. The third kappa shape index (κ3) is 4.83. The summed E-state index contributed by atoms with van der Waals surface area (Å²) < 4.78 is 13.0. The summed E-state index contributed by atoms with van der Waals surface area (Å²) >= 11 is 0. The molecule has 0 bridgehead atoms. The van der Waals surface area contributed by atoms with Gasteiger partial charge in [-0.15, -0.1) is 4.73 Å². The zero-order chi connectivity index (χ0) is 23.9. The van der Waals surface area contributed by atoms with E-state index < -0.39 is 5.56 Å². The second-order valence-electron chi connectivity index (χ2n) is 7.90. The van der Waals surface area contributed by atoms with E-state index in [4.69, 9.17) is 14.3 Å². The van der Waals surface area contributed by atoms with Gasteiger partial charge < -0.3 is 19.5 Å². The molecule has 0 amide bonds. The van der Waals surface area contributed by atoms with Crippen LogP contribution in [0.1, 0.15) is 31.7 Å². The third-order valence-corrected chi connectivity index (χ3v) is 5.60. The molecule has 4 rings (SSSR count). The predicted molar refractivity (Wildman–Crippen MR) is 131 cm³/mol. The van der Waals surface area contributed by atoms with Crippen LogP contribution in [-0.4, -0.2) is 18.4 Å². The maximum absolute atomic E-state index is 13.5. The molecule has 0 aliphatic heterocycles. The van der Waals surface area contributed by atoms with Crippen LogP contribution >= 0.6 is 0 Å². The van der Waals surface area contributed by atoms with E-state index in [1.807, 2.05) is 24.3 Å². The second-order valence-corrected chi connectivity index (χ2v) is 7.90. The third-order valence-electron chi connectivity index (χ3n) is 5.60. The maximum atomic E-state index is 13.5. The lowest BCUT2D eigenvalue weighted by Gasteiger charge is -2.15. The topological polar surface area (TPSA) is 76.6 Å². The molecular weight excluding hydrogens is 432 g/mol. The van der Waals surface area contributed by atoms with Crippen LogP contribution in [0.3, 0.4) is 0 Å². The van der Waals surface area contributed by atoms with E-state index in [0.717, 1.165) is 24.8 Å². The lowest BCUT2D eigenvalue weighted by atomic mass is 10.1. The Morgan fingerprint density at radius 2 is 1.68 bits per heavy atom. The van der Waals surface area contributed by atoms with E-state index >= 15 is 0 Å². The fourth-order valence-corrected chi connectivity index (χ4v) is 3.80. The molecule has 0 saturated carbocycles.